The molecule has 0 aromatic heterocycles. The molecule has 2 fully saturated rings. The summed E-state index contributed by atoms with van der Waals surface area (Å²) in [6, 6.07) is 0. The molecule has 4 atom stereocenters. The molecule has 0 radical (unpaired) electrons. The van der Waals surface area contributed by atoms with Crippen molar-refractivity contribution in [2.45, 2.75) is 51.2 Å². The van der Waals surface area contributed by atoms with Crippen molar-refractivity contribution in [3.63, 3.8) is 0 Å². The minimum atomic E-state index is -0.569. The van der Waals surface area contributed by atoms with E-state index >= 15 is 0 Å². The lowest BCUT2D eigenvalue weighted by atomic mass is 10.1. The van der Waals surface area contributed by atoms with Crippen LogP contribution in [0, 0.1) is 0 Å². The largest absolute Gasteiger partial charge is 0.379 e. The topological polar surface area (TPSA) is 46.2 Å². The van der Waals surface area contributed by atoms with Crippen molar-refractivity contribution >= 4 is 0 Å². The summed E-state index contributed by atoms with van der Waals surface area (Å²) in [5.74, 6) is -0.569. The third-order valence-electron chi connectivity index (χ3n) is 2.83. The van der Waals surface area contributed by atoms with E-state index in [1.807, 2.05) is 20.8 Å². The second-order valence-electron chi connectivity index (χ2n) is 4.50. The van der Waals surface area contributed by atoms with Crippen LogP contribution in [0.4, 0.5) is 0 Å². The van der Waals surface area contributed by atoms with Crippen LogP contribution in [0.25, 0.3) is 0 Å². The molecule has 2 heterocycles. The van der Waals surface area contributed by atoms with Gasteiger partial charge in [-0.25, -0.2) is 0 Å². The van der Waals surface area contributed by atoms with Gasteiger partial charge in [-0.05, 0) is 20.8 Å². The number of hydrogen-bond acceptors (Lipinski definition) is 5. The maximum Gasteiger partial charge on any atom is 0.186 e. The predicted molar refractivity (Wildman–Crippen MR) is 56.0 cm³/mol. The van der Waals surface area contributed by atoms with E-state index in [2.05, 4.69) is 0 Å². The first kappa shape index (κ1) is 12.3. The quantitative estimate of drug-likeness (QED) is 0.721. The minimum Gasteiger partial charge on any atom is -0.379 e. The molecular formula is C11H20O5. The molecule has 0 aromatic rings. The molecular weight excluding hydrogens is 212 g/mol. The van der Waals surface area contributed by atoms with E-state index < -0.39 is 5.79 Å². The third kappa shape index (κ3) is 2.24. The van der Waals surface area contributed by atoms with E-state index in [0.717, 1.165) is 0 Å². The van der Waals surface area contributed by atoms with Crippen molar-refractivity contribution in [2.75, 3.05) is 20.3 Å². The van der Waals surface area contributed by atoms with Crippen LogP contribution in [0.5, 0.6) is 0 Å². The first-order valence-corrected chi connectivity index (χ1v) is 5.69. The zero-order valence-electron chi connectivity index (χ0n) is 10.3. The fourth-order valence-corrected chi connectivity index (χ4v) is 2.20. The van der Waals surface area contributed by atoms with Gasteiger partial charge in [0.05, 0.1) is 6.61 Å². The molecule has 5 nitrogen and oxygen atoms in total. The number of ether oxygens (including phenoxy) is 5. The molecule has 5 heteroatoms. The molecule has 94 valence electrons. The van der Waals surface area contributed by atoms with Gasteiger partial charge in [0.1, 0.15) is 18.3 Å². The van der Waals surface area contributed by atoms with Crippen LogP contribution in [0.3, 0.4) is 0 Å². The van der Waals surface area contributed by atoms with Crippen molar-refractivity contribution < 1.29 is 23.7 Å². The fourth-order valence-electron chi connectivity index (χ4n) is 2.20. The van der Waals surface area contributed by atoms with Crippen LogP contribution >= 0.6 is 0 Å². The van der Waals surface area contributed by atoms with E-state index in [1.165, 1.54) is 0 Å². The molecule has 2 saturated heterocycles. The monoisotopic (exact) mass is 232 g/mol. The van der Waals surface area contributed by atoms with Gasteiger partial charge in [-0.1, -0.05) is 0 Å². The highest BCUT2D eigenvalue weighted by Gasteiger charge is 2.55. The van der Waals surface area contributed by atoms with Gasteiger partial charge < -0.3 is 23.7 Å². The first-order valence-electron chi connectivity index (χ1n) is 5.69. The number of hydrogen-bond donors (Lipinski definition) is 0. The Balaban J connectivity index is 2.02. The van der Waals surface area contributed by atoms with E-state index in [1.54, 1.807) is 7.11 Å². The summed E-state index contributed by atoms with van der Waals surface area (Å²) in [6.45, 7) is 6.93. The standard InChI is InChI=1S/C11H20O5/c1-5-13-6-7-8-9(10(12-4)14-7)16-11(2,3)15-8/h7-10H,5-6H2,1-4H3/t7-,8-,9-,10-/m1/s1. The van der Waals surface area contributed by atoms with Crippen LogP contribution in [-0.2, 0) is 23.7 Å². The first-order chi connectivity index (χ1) is 7.57. The lowest BCUT2D eigenvalue weighted by Gasteiger charge is -2.23. The van der Waals surface area contributed by atoms with Gasteiger partial charge in [-0.3, -0.25) is 0 Å². The Bertz CT molecular complexity index is 243. The molecule has 0 saturated carbocycles. The van der Waals surface area contributed by atoms with Gasteiger partial charge in [0, 0.05) is 13.7 Å². The van der Waals surface area contributed by atoms with Crippen molar-refractivity contribution in [3.05, 3.63) is 0 Å². The second-order valence-corrected chi connectivity index (χ2v) is 4.50. The van der Waals surface area contributed by atoms with E-state index in [4.69, 9.17) is 23.7 Å². The van der Waals surface area contributed by atoms with Crippen LogP contribution in [0.1, 0.15) is 20.8 Å². The molecule has 0 amide bonds. The molecule has 16 heavy (non-hydrogen) atoms. The molecule has 0 N–H and O–H groups in total. The molecule has 2 aliphatic heterocycles. The highest BCUT2D eigenvalue weighted by Crippen LogP contribution is 2.38. The molecule has 0 aromatic carbocycles. The molecule has 0 bridgehead atoms. The van der Waals surface area contributed by atoms with Crippen molar-refractivity contribution in [1.29, 1.82) is 0 Å². The van der Waals surface area contributed by atoms with Crippen LogP contribution in [0.15, 0.2) is 0 Å². The SMILES string of the molecule is CCOC[C@H]1O[C@@H](OC)[C@@H]2OC(C)(C)O[C@@H]21. The average molecular weight is 232 g/mol. The Morgan fingerprint density at radius 1 is 1.19 bits per heavy atom. The summed E-state index contributed by atoms with van der Waals surface area (Å²) in [7, 11) is 1.61. The lowest BCUT2D eigenvalue weighted by molar-refractivity contribution is -0.231. The number of fused-ring (bicyclic) bond motifs is 1. The van der Waals surface area contributed by atoms with Crippen LogP contribution < -0.4 is 0 Å². The maximum atomic E-state index is 5.81. The minimum absolute atomic E-state index is 0.105. The van der Waals surface area contributed by atoms with E-state index in [-0.39, 0.29) is 24.6 Å². The predicted octanol–water partition coefficient (Wildman–Crippen LogP) is 0.914. The van der Waals surface area contributed by atoms with Crippen molar-refractivity contribution in [2.24, 2.45) is 0 Å². The zero-order valence-corrected chi connectivity index (χ0v) is 10.3. The maximum absolute atomic E-state index is 5.81. The second kappa shape index (κ2) is 4.58. The molecule has 2 rings (SSSR count). The van der Waals surface area contributed by atoms with Gasteiger partial charge in [-0.2, -0.15) is 0 Å². The molecule has 2 aliphatic rings. The summed E-state index contributed by atoms with van der Waals surface area (Å²) in [6.07, 6.45) is -0.745. The third-order valence-corrected chi connectivity index (χ3v) is 2.83. The van der Waals surface area contributed by atoms with Gasteiger partial charge in [-0.15, -0.1) is 0 Å². The summed E-state index contributed by atoms with van der Waals surface area (Å²) >= 11 is 0. The average Bonchev–Trinajstić information content (AvgIpc) is 2.69. The lowest BCUT2D eigenvalue weighted by Crippen LogP contribution is -2.33. The molecule has 0 unspecified atom stereocenters. The Hall–Kier alpha value is -0.200. The van der Waals surface area contributed by atoms with Gasteiger partial charge in [0.2, 0.25) is 0 Å². The van der Waals surface area contributed by atoms with Gasteiger partial charge >= 0.3 is 0 Å². The number of methoxy groups -OCH3 is 1. The fraction of sp³-hybridized carbons (Fsp3) is 1.00. The summed E-state index contributed by atoms with van der Waals surface area (Å²) in [5.41, 5.74) is 0. The Morgan fingerprint density at radius 2 is 1.88 bits per heavy atom. The van der Waals surface area contributed by atoms with Crippen molar-refractivity contribution in [3.8, 4) is 0 Å². The van der Waals surface area contributed by atoms with Crippen molar-refractivity contribution in [1.82, 2.24) is 0 Å². The van der Waals surface area contributed by atoms with E-state index in [9.17, 15) is 0 Å². The highest BCUT2D eigenvalue weighted by molar-refractivity contribution is 4.94. The summed E-state index contributed by atoms with van der Waals surface area (Å²) < 4.78 is 27.9. The Labute approximate surface area is 95.9 Å². The normalized spacial score (nSPS) is 41.2. The van der Waals surface area contributed by atoms with Crippen LogP contribution in [0.2, 0.25) is 0 Å². The molecule has 0 spiro atoms. The molecule has 0 aliphatic carbocycles. The smallest absolute Gasteiger partial charge is 0.186 e. The van der Waals surface area contributed by atoms with Gasteiger partial charge in [0.15, 0.2) is 12.1 Å². The van der Waals surface area contributed by atoms with Crippen LogP contribution in [-0.4, -0.2) is 50.7 Å². The summed E-state index contributed by atoms with van der Waals surface area (Å²) in [4.78, 5) is 0. The van der Waals surface area contributed by atoms with E-state index in [0.29, 0.717) is 13.2 Å². The Kier molecular flexibility index (Phi) is 3.51. The number of rotatable bonds is 4. The highest BCUT2D eigenvalue weighted by atomic mass is 16.8. The zero-order chi connectivity index (χ0) is 11.8. The van der Waals surface area contributed by atoms with Gasteiger partial charge in [0.25, 0.3) is 0 Å². The summed E-state index contributed by atoms with van der Waals surface area (Å²) in [5, 5.41) is 0. The Morgan fingerprint density at radius 3 is 2.50 bits per heavy atom.